The van der Waals surface area contributed by atoms with Crippen LogP contribution >= 0.6 is 0 Å². The van der Waals surface area contributed by atoms with Crippen LogP contribution in [0.15, 0.2) is 30.3 Å². The number of halogens is 4. The van der Waals surface area contributed by atoms with E-state index in [1.165, 1.54) is 13.8 Å². The van der Waals surface area contributed by atoms with Crippen molar-refractivity contribution in [1.29, 1.82) is 0 Å². The van der Waals surface area contributed by atoms with E-state index in [-0.39, 0.29) is 11.3 Å². The molecule has 0 saturated heterocycles. The van der Waals surface area contributed by atoms with Crippen molar-refractivity contribution in [2.75, 3.05) is 6.54 Å². The molecule has 2 aromatic rings. The third kappa shape index (κ3) is 4.16. The summed E-state index contributed by atoms with van der Waals surface area (Å²) < 4.78 is 54.6. The fraction of sp³-hybridized carbons (Fsp3) is 0.389. The second-order valence-electron chi connectivity index (χ2n) is 6.51. The first-order valence-corrected chi connectivity index (χ1v) is 7.72. The molecule has 0 radical (unpaired) electrons. The number of benzene rings is 1. The molecule has 0 fully saturated rings. The van der Waals surface area contributed by atoms with E-state index in [2.05, 4.69) is 4.98 Å². The first-order chi connectivity index (χ1) is 11.4. The smallest absolute Gasteiger partial charge is 0.386 e. The van der Waals surface area contributed by atoms with Crippen molar-refractivity contribution in [3.63, 3.8) is 0 Å². The van der Waals surface area contributed by atoms with Gasteiger partial charge in [0.15, 0.2) is 5.82 Å². The van der Waals surface area contributed by atoms with Crippen LogP contribution in [-0.4, -0.2) is 22.8 Å². The van der Waals surface area contributed by atoms with Crippen LogP contribution in [0.1, 0.15) is 36.6 Å². The minimum absolute atomic E-state index is 0.239. The van der Waals surface area contributed by atoms with Gasteiger partial charge < -0.3 is 10.8 Å². The molecule has 1 atom stereocenters. The van der Waals surface area contributed by atoms with E-state index in [0.29, 0.717) is 5.56 Å². The van der Waals surface area contributed by atoms with Crippen molar-refractivity contribution in [1.82, 2.24) is 4.98 Å². The van der Waals surface area contributed by atoms with Crippen LogP contribution in [0.25, 0.3) is 11.3 Å². The Bertz CT molecular complexity index is 749. The lowest BCUT2D eigenvalue weighted by atomic mass is 9.92. The molecule has 2 rings (SSSR count). The highest BCUT2D eigenvalue weighted by Crippen LogP contribution is 2.37. The Hall–Kier alpha value is -1.99. The number of rotatable bonds is 4. The van der Waals surface area contributed by atoms with Crippen LogP contribution in [-0.2, 0) is 5.60 Å². The molecule has 3 nitrogen and oxygen atoms in total. The molecular formula is C18H20F4N2O. The van der Waals surface area contributed by atoms with Gasteiger partial charge in [-0.25, -0.2) is 9.37 Å². The molecule has 1 heterocycles. The van der Waals surface area contributed by atoms with E-state index >= 15 is 0 Å². The quantitative estimate of drug-likeness (QED) is 0.813. The van der Waals surface area contributed by atoms with Gasteiger partial charge in [-0.2, -0.15) is 13.2 Å². The molecular weight excluding hydrogens is 336 g/mol. The molecule has 1 aromatic carbocycles. The first kappa shape index (κ1) is 19.3. The summed E-state index contributed by atoms with van der Waals surface area (Å²) in [5.74, 6) is -2.89. The second-order valence-corrected chi connectivity index (χ2v) is 6.51. The van der Waals surface area contributed by atoms with Crippen LogP contribution in [0.2, 0.25) is 0 Å². The standard InChI is InChI=1S/C18H20F4N2O/c1-10-4-6-11(7-5-10)16-15(19)12(17(2,3)25)8-14(24-16)13(9-23)18(20,21)22/h4-8,13,25H,9,23H2,1-3H3/t13-/m1/s1. The summed E-state index contributed by atoms with van der Waals surface area (Å²) in [6.45, 7) is 3.72. The zero-order valence-electron chi connectivity index (χ0n) is 14.2. The van der Waals surface area contributed by atoms with Crippen LogP contribution in [0, 0.1) is 12.7 Å². The number of nitrogens with zero attached hydrogens (tertiary/aromatic N) is 1. The van der Waals surface area contributed by atoms with E-state index in [1.54, 1.807) is 24.3 Å². The van der Waals surface area contributed by atoms with Crippen molar-refractivity contribution in [3.05, 3.63) is 53.0 Å². The maximum absolute atomic E-state index is 14.9. The molecule has 0 unspecified atom stereocenters. The fourth-order valence-corrected chi connectivity index (χ4v) is 2.50. The van der Waals surface area contributed by atoms with Gasteiger partial charge in [0, 0.05) is 17.7 Å². The summed E-state index contributed by atoms with van der Waals surface area (Å²) in [4.78, 5) is 3.90. The van der Waals surface area contributed by atoms with Gasteiger partial charge in [-0.1, -0.05) is 29.8 Å². The highest BCUT2D eigenvalue weighted by molar-refractivity contribution is 5.62. The van der Waals surface area contributed by atoms with Gasteiger partial charge in [-0.15, -0.1) is 0 Å². The topological polar surface area (TPSA) is 59.1 Å². The Morgan fingerprint density at radius 1 is 1.16 bits per heavy atom. The normalized spacial score (nSPS) is 13.8. The van der Waals surface area contributed by atoms with Crippen LogP contribution in [0.5, 0.6) is 0 Å². The second kappa shape index (κ2) is 6.72. The van der Waals surface area contributed by atoms with Gasteiger partial charge in [0.1, 0.15) is 11.6 Å². The number of hydrogen-bond acceptors (Lipinski definition) is 3. The number of aromatic nitrogens is 1. The number of alkyl halides is 3. The minimum atomic E-state index is -4.62. The van der Waals surface area contributed by atoms with E-state index in [0.717, 1.165) is 11.6 Å². The number of hydrogen-bond donors (Lipinski definition) is 2. The van der Waals surface area contributed by atoms with Crippen molar-refractivity contribution >= 4 is 0 Å². The molecule has 25 heavy (non-hydrogen) atoms. The first-order valence-electron chi connectivity index (χ1n) is 7.72. The largest absolute Gasteiger partial charge is 0.398 e. The number of aryl methyl sites for hydroxylation is 1. The molecule has 7 heteroatoms. The van der Waals surface area contributed by atoms with Gasteiger partial charge in [0.2, 0.25) is 0 Å². The Morgan fingerprint density at radius 2 is 1.72 bits per heavy atom. The van der Waals surface area contributed by atoms with E-state index in [9.17, 15) is 22.7 Å². The molecule has 0 aliphatic heterocycles. The monoisotopic (exact) mass is 356 g/mol. The molecule has 0 spiro atoms. The summed E-state index contributed by atoms with van der Waals surface area (Å²) in [5.41, 5.74) is 3.94. The van der Waals surface area contributed by atoms with Crippen molar-refractivity contribution < 1.29 is 22.7 Å². The van der Waals surface area contributed by atoms with E-state index in [4.69, 9.17) is 5.73 Å². The van der Waals surface area contributed by atoms with Gasteiger partial charge in [-0.3, -0.25) is 0 Å². The molecule has 3 N–H and O–H groups in total. The Morgan fingerprint density at radius 3 is 2.16 bits per heavy atom. The zero-order chi connectivity index (χ0) is 19.0. The highest BCUT2D eigenvalue weighted by Gasteiger charge is 2.42. The molecule has 0 aliphatic rings. The van der Waals surface area contributed by atoms with Gasteiger partial charge in [0.05, 0.1) is 11.3 Å². The lowest BCUT2D eigenvalue weighted by Gasteiger charge is -2.24. The lowest BCUT2D eigenvalue weighted by molar-refractivity contribution is -0.148. The number of pyridine rings is 1. The molecule has 0 bridgehead atoms. The fourth-order valence-electron chi connectivity index (χ4n) is 2.50. The SMILES string of the molecule is Cc1ccc(-c2nc([C@@H](CN)C(F)(F)F)cc(C(C)(C)O)c2F)cc1. The van der Waals surface area contributed by atoms with Crippen LogP contribution in [0.4, 0.5) is 17.6 Å². The third-order valence-electron chi connectivity index (χ3n) is 3.95. The highest BCUT2D eigenvalue weighted by atomic mass is 19.4. The molecule has 0 amide bonds. The van der Waals surface area contributed by atoms with Gasteiger partial charge in [0.25, 0.3) is 0 Å². The Labute approximate surface area is 143 Å². The zero-order valence-corrected chi connectivity index (χ0v) is 14.2. The molecule has 136 valence electrons. The summed E-state index contributed by atoms with van der Waals surface area (Å²) in [6, 6.07) is 7.50. The molecule has 0 saturated carbocycles. The van der Waals surface area contributed by atoms with Crippen molar-refractivity contribution in [3.8, 4) is 11.3 Å². The predicted molar refractivity (Wildman–Crippen MR) is 87.5 cm³/mol. The Balaban J connectivity index is 2.74. The Kier molecular flexibility index (Phi) is 5.20. The maximum atomic E-state index is 14.9. The van der Waals surface area contributed by atoms with Crippen molar-refractivity contribution in [2.45, 2.75) is 38.5 Å². The minimum Gasteiger partial charge on any atom is -0.386 e. The number of aliphatic hydroxyl groups is 1. The van der Waals surface area contributed by atoms with Gasteiger partial charge >= 0.3 is 6.18 Å². The maximum Gasteiger partial charge on any atom is 0.398 e. The number of nitrogens with two attached hydrogens (primary N) is 1. The van der Waals surface area contributed by atoms with Gasteiger partial charge in [-0.05, 0) is 26.8 Å². The predicted octanol–water partition coefficient (Wildman–Crippen LogP) is 4.03. The average molecular weight is 356 g/mol. The van der Waals surface area contributed by atoms with E-state index < -0.39 is 35.8 Å². The molecule has 0 aliphatic carbocycles. The van der Waals surface area contributed by atoms with Crippen LogP contribution < -0.4 is 5.73 Å². The van der Waals surface area contributed by atoms with Crippen molar-refractivity contribution in [2.24, 2.45) is 5.73 Å². The van der Waals surface area contributed by atoms with E-state index in [1.807, 2.05) is 6.92 Å². The summed E-state index contributed by atoms with van der Waals surface area (Å²) >= 11 is 0. The summed E-state index contributed by atoms with van der Waals surface area (Å²) in [7, 11) is 0. The third-order valence-corrected chi connectivity index (χ3v) is 3.95. The summed E-state index contributed by atoms with van der Waals surface area (Å²) in [6.07, 6.45) is -4.62. The summed E-state index contributed by atoms with van der Waals surface area (Å²) in [5, 5.41) is 10.2. The van der Waals surface area contributed by atoms with Crippen LogP contribution in [0.3, 0.4) is 0 Å². The molecule has 1 aromatic heterocycles. The lowest BCUT2D eigenvalue weighted by Crippen LogP contribution is -2.30. The average Bonchev–Trinajstić information content (AvgIpc) is 2.47.